The van der Waals surface area contributed by atoms with Crippen molar-refractivity contribution in [3.63, 3.8) is 0 Å². The number of unbranched alkanes of at least 4 members (excludes halogenated alkanes) is 2. The summed E-state index contributed by atoms with van der Waals surface area (Å²) in [6, 6.07) is 0. The first-order valence-electron chi connectivity index (χ1n) is 9.35. The highest BCUT2D eigenvalue weighted by Gasteiger charge is 2.19. The molecule has 0 aliphatic rings. The molecule has 4 amide bonds. The number of rotatable bonds is 12. The van der Waals surface area contributed by atoms with Crippen LogP contribution in [0.3, 0.4) is 0 Å². The minimum Gasteiger partial charge on any atom is -0.370 e. The Morgan fingerprint density at radius 1 is 0.808 bits per heavy atom. The van der Waals surface area contributed by atoms with Crippen LogP contribution in [-0.4, -0.2) is 54.7 Å². The van der Waals surface area contributed by atoms with Crippen LogP contribution in [-0.2, 0) is 19.2 Å². The predicted molar refractivity (Wildman–Crippen MR) is 102 cm³/mol. The summed E-state index contributed by atoms with van der Waals surface area (Å²) < 4.78 is 0. The smallest absolute Gasteiger partial charge is 0.239 e. The maximum Gasteiger partial charge on any atom is 0.239 e. The van der Waals surface area contributed by atoms with E-state index in [1.165, 1.54) is 11.8 Å². The fourth-order valence-electron chi connectivity index (χ4n) is 1.87. The topological polar surface area (TPSA) is 122 Å². The molecule has 0 saturated carbocycles. The van der Waals surface area contributed by atoms with Crippen molar-refractivity contribution in [1.29, 1.82) is 0 Å². The standard InChI is InChI=1S/C16H31N3O3.C2H5NO/c1-4-7-10-17-14(20)12-19(16(22)9-6-3)13-15(21)18-11-8-5-2;1-2(3)4/h4-13H2,1-3H3,(H,17,20)(H,18,21);1H3,(H2,3,4). The largest absolute Gasteiger partial charge is 0.370 e. The Labute approximate surface area is 157 Å². The van der Waals surface area contributed by atoms with Crippen LogP contribution in [0, 0.1) is 0 Å². The highest BCUT2D eigenvalue weighted by atomic mass is 16.2. The third-order valence-electron chi connectivity index (χ3n) is 3.19. The van der Waals surface area contributed by atoms with Crippen molar-refractivity contribution in [2.75, 3.05) is 26.2 Å². The number of nitrogens with one attached hydrogen (secondary N) is 2. The molecule has 26 heavy (non-hydrogen) atoms. The maximum absolute atomic E-state index is 12.0. The van der Waals surface area contributed by atoms with Gasteiger partial charge in [-0.15, -0.1) is 0 Å². The van der Waals surface area contributed by atoms with Crippen molar-refractivity contribution in [2.45, 2.75) is 66.2 Å². The van der Waals surface area contributed by atoms with Crippen molar-refractivity contribution in [2.24, 2.45) is 5.73 Å². The Hall–Kier alpha value is -2.12. The van der Waals surface area contributed by atoms with Gasteiger partial charge >= 0.3 is 0 Å². The number of carbonyl (C=O) groups is 4. The monoisotopic (exact) mass is 372 g/mol. The predicted octanol–water partition coefficient (Wildman–Crippen LogP) is 0.939. The summed E-state index contributed by atoms with van der Waals surface area (Å²) >= 11 is 0. The van der Waals surface area contributed by atoms with E-state index >= 15 is 0 Å². The van der Waals surface area contributed by atoms with Gasteiger partial charge in [0, 0.05) is 26.4 Å². The lowest BCUT2D eigenvalue weighted by Gasteiger charge is -2.21. The average molecular weight is 373 g/mol. The minimum absolute atomic E-state index is 0.0518. The Morgan fingerprint density at radius 3 is 1.50 bits per heavy atom. The van der Waals surface area contributed by atoms with Crippen LogP contribution in [0.15, 0.2) is 0 Å². The zero-order valence-electron chi connectivity index (χ0n) is 16.7. The van der Waals surface area contributed by atoms with Gasteiger partial charge in [-0.05, 0) is 19.3 Å². The lowest BCUT2D eigenvalue weighted by molar-refractivity contribution is -0.139. The number of hydrogen-bond donors (Lipinski definition) is 3. The van der Waals surface area contributed by atoms with E-state index in [4.69, 9.17) is 0 Å². The van der Waals surface area contributed by atoms with Crippen LogP contribution in [0.1, 0.15) is 66.2 Å². The molecule has 8 heteroatoms. The Balaban J connectivity index is 0. The lowest BCUT2D eigenvalue weighted by Crippen LogP contribution is -2.46. The zero-order valence-corrected chi connectivity index (χ0v) is 16.7. The van der Waals surface area contributed by atoms with E-state index in [-0.39, 0.29) is 36.7 Å². The molecule has 0 heterocycles. The number of amides is 4. The first-order valence-corrected chi connectivity index (χ1v) is 9.35. The van der Waals surface area contributed by atoms with Gasteiger partial charge in [0.05, 0.1) is 0 Å². The van der Waals surface area contributed by atoms with Gasteiger partial charge in [0.25, 0.3) is 0 Å². The molecule has 0 aromatic carbocycles. The molecule has 0 rings (SSSR count). The molecule has 0 unspecified atom stereocenters. The van der Waals surface area contributed by atoms with E-state index < -0.39 is 0 Å². The molecule has 0 aromatic rings. The van der Waals surface area contributed by atoms with E-state index in [1.54, 1.807) is 0 Å². The van der Waals surface area contributed by atoms with Crippen LogP contribution in [0.4, 0.5) is 0 Å². The SMILES string of the molecule is CC(N)=O.CCCCNC(=O)CN(CC(=O)NCCCC)C(=O)CCC. The number of nitrogens with zero attached hydrogens (tertiary/aromatic N) is 1. The fourth-order valence-corrected chi connectivity index (χ4v) is 1.87. The number of nitrogens with two attached hydrogens (primary N) is 1. The van der Waals surface area contributed by atoms with E-state index in [2.05, 4.69) is 16.4 Å². The molecular formula is C18H36N4O4. The van der Waals surface area contributed by atoms with Crippen molar-refractivity contribution < 1.29 is 19.2 Å². The van der Waals surface area contributed by atoms with Crippen LogP contribution in [0.5, 0.6) is 0 Å². The average Bonchev–Trinajstić information content (AvgIpc) is 2.54. The molecule has 0 atom stereocenters. The van der Waals surface area contributed by atoms with E-state index in [0.717, 1.165) is 25.7 Å². The second-order valence-electron chi connectivity index (χ2n) is 6.02. The molecule has 0 aliphatic carbocycles. The molecule has 0 aliphatic heterocycles. The summed E-state index contributed by atoms with van der Waals surface area (Å²) in [5.41, 5.74) is 4.47. The summed E-state index contributed by atoms with van der Waals surface area (Å²) in [5, 5.41) is 5.54. The lowest BCUT2D eigenvalue weighted by atomic mass is 10.2. The van der Waals surface area contributed by atoms with Gasteiger partial charge in [0.2, 0.25) is 23.6 Å². The molecule has 0 aromatic heterocycles. The van der Waals surface area contributed by atoms with E-state index in [0.29, 0.717) is 25.9 Å². The summed E-state index contributed by atoms with van der Waals surface area (Å²) in [4.78, 5) is 46.3. The number of primary amides is 1. The van der Waals surface area contributed by atoms with Crippen molar-refractivity contribution in [3.8, 4) is 0 Å². The van der Waals surface area contributed by atoms with Crippen LogP contribution >= 0.6 is 0 Å². The molecule has 4 N–H and O–H groups in total. The first kappa shape index (κ1) is 26.1. The molecule has 8 nitrogen and oxygen atoms in total. The minimum atomic E-state index is -0.333. The van der Waals surface area contributed by atoms with Crippen molar-refractivity contribution >= 4 is 23.6 Å². The molecular weight excluding hydrogens is 336 g/mol. The summed E-state index contributed by atoms with van der Waals surface area (Å²) in [5.74, 6) is -0.905. The normalized spacial score (nSPS) is 9.54. The molecule has 0 fully saturated rings. The van der Waals surface area contributed by atoms with Crippen molar-refractivity contribution in [3.05, 3.63) is 0 Å². The van der Waals surface area contributed by atoms with Gasteiger partial charge < -0.3 is 21.3 Å². The second kappa shape index (κ2) is 17.7. The third kappa shape index (κ3) is 18.2. The van der Waals surface area contributed by atoms with Gasteiger partial charge in [-0.3, -0.25) is 19.2 Å². The zero-order chi connectivity index (χ0) is 20.4. The number of carbonyl (C=O) groups excluding carboxylic acids is 4. The molecule has 0 spiro atoms. The number of hydrogen-bond acceptors (Lipinski definition) is 4. The highest BCUT2D eigenvalue weighted by Crippen LogP contribution is 1.98. The molecule has 0 saturated heterocycles. The maximum atomic E-state index is 12.0. The van der Waals surface area contributed by atoms with E-state index in [9.17, 15) is 19.2 Å². The second-order valence-corrected chi connectivity index (χ2v) is 6.02. The quantitative estimate of drug-likeness (QED) is 0.441. The Kier molecular flexibility index (Phi) is 17.8. The highest BCUT2D eigenvalue weighted by molar-refractivity contribution is 5.89. The van der Waals surface area contributed by atoms with Crippen LogP contribution in [0.25, 0.3) is 0 Å². The molecule has 0 radical (unpaired) electrons. The summed E-state index contributed by atoms with van der Waals surface area (Å²) in [6.07, 6.45) is 4.87. The van der Waals surface area contributed by atoms with Crippen LogP contribution in [0.2, 0.25) is 0 Å². The fraction of sp³-hybridized carbons (Fsp3) is 0.778. The molecule has 152 valence electrons. The van der Waals surface area contributed by atoms with Crippen LogP contribution < -0.4 is 16.4 Å². The first-order chi connectivity index (χ1) is 12.3. The van der Waals surface area contributed by atoms with Gasteiger partial charge in [-0.1, -0.05) is 33.6 Å². The van der Waals surface area contributed by atoms with Gasteiger partial charge in [-0.25, -0.2) is 0 Å². The Morgan fingerprint density at radius 2 is 1.19 bits per heavy atom. The van der Waals surface area contributed by atoms with Crippen molar-refractivity contribution in [1.82, 2.24) is 15.5 Å². The van der Waals surface area contributed by atoms with Gasteiger partial charge in [0.15, 0.2) is 0 Å². The molecule has 0 bridgehead atoms. The van der Waals surface area contributed by atoms with E-state index in [1.807, 2.05) is 20.8 Å². The summed E-state index contributed by atoms with van der Waals surface area (Å²) in [7, 11) is 0. The Bertz CT molecular complexity index is 399. The van der Waals surface area contributed by atoms with Gasteiger partial charge in [0.1, 0.15) is 13.1 Å². The van der Waals surface area contributed by atoms with Gasteiger partial charge in [-0.2, -0.15) is 0 Å². The third-order valence-corrected chi connectivity index (χ3v) is 3.19. The summed E-state index contributed by atoms with van der Waals surface area (Å²) in [6.45, 7) is 8.40.